The second kappa shape index (κ2) is 8.71. The van der Waals surface area contributed by atoms with E-state index in [2.05, 4.69) is 19.6 Å². The lowest BCUT2D eigenvalue weighted by Crippen LogP contribution is -2.38. The number of benzene rings is 1. The predicted octanol–water partition coefficient (Wildman–Crippen LogP) is 4.29. The van der Waals surface area contributed by atoms with Gasteiger partial charge in [-0.05, 0) is 32.1 Å². The van der Waals surface area contributed by atoms with Crippen molar-refractivity contribution in [2.24, 2.45) is 5.92 Å². The number of ether oxygens (including phenoxy) is 1. The molecule has 0 saturated heterocycles. The van der Waals surface area contributed by atoms with Crippen LogP contribution >= 0.6 is 0 Å². The molecule has 0 aliphatic heterocycles. The summed E-state index contributed by atoms with van der Waals surface area (Å²) in [7, 11) is -0.394. The molecule has 0 aliphatic carbocycles. The van der Waals surface area contributed by atoms with Gasteiger partial charge >= 0.3 is 5.97 Å². The van der Waals surface area contributed by atoms with Crippen molar-refractivity contribution in [1.29, 1.82) is 0 Å². The Morgan fingerprint density at radius 3 is 2.27 bits per heavy atom. The third kappa shape index (κ3) is 6.41. The molecule has 120 valence electrons. The highest BCUT2D eigenvalue weighted by Crippen LogP contribution is 2.20. The molecule has 1 aromatic carbocycles. The molecule has 0 saturated carbocycles. The number of rotatable bonds is 7. The van der Waals surface area contributed by atoms with Crippen molar-refractivity contribution in [3.8, 4) is 0 Å². The van der Waals surface area contributed by atoms with E-state index in [0.717, 1.165) is 5.56 Å². The lowest BCUT2D eigenvalue weighted by Gasteiger charge is -2.28. The van der Waals surface area contributed by atoms with Crippen LogP contribution in [0.2, 0.25) is 19.6 Å². The summed E-state index contributed by atoms with van der Waals surface area (Å²) in [4.78, 5) is 12.1. The number of esters is 1. The average molecular weight is 318 g/mol. The summed E-state index contributed by atoms with van der Waals surface area (Å²) >= 11 is 0. The molecule has 3 nitrogen and oxygen atoms in total. The summed E-state index contributed by atoms with van der Waals surface area (Å²) in [5.74, 6) is -0.708. The standard InChI is InChI=1S/C18H26O3Si/c1-6-10-16(18(19)20-2)17(21-22(3,4)5)14-13-15-11-8-7-9-12-15/h6-14,16-17H,1-5H3/b10-6+,14-13+/t16-,17+/m0/s1. The predicted molar refractivity (Wildman–Crippen MR) is 94.0 cm³/mol. The average Bonchev–Trinajstić information content (AvgIpc) is 2.48. The second-order valence-electron chi connectivity index (χ2n) is 6.04. The smallest absolute Gasteiger partial charge is 0.315 e. The summed E-state index contributed by atoms with van der Waals surface area (Å²) in [6.45, 7) is 8.23. The summed E-state index contributed by atoms with van der Waals surface area (Å²) in [6.07, 6.45) is 7.32. The van der Waals surface area contributed by atoms with Gasteiger partial charge in [-0.15, -0.1) is 0 Å². The van der Waals surface area contributed by atoms with Gasteiger partial charge in [0.15, 0.2) is 8.32 Å². The number of hydrogen-bond acceptors (Lipinski definition) is 3. The molecule has 0 spiro atoms. The minimum Gasteiger partial charge on any atom is -0.468 e. The third-order valence-corrected chi connectivity index (χ3v) is 3.97. The van der Waals surface area contributed by atoms with E-state index in [1.54, 1.807) is 0 Å². The van der Waals surface area contributed by atoms with Crippen LogP contribution in [0.3, 0.4) is 0 Å². The number of carbonyl (C=O) groups excluding carboxylic acids is 1. The van der Waals surface area contributed by atoms with Gasteiger partial charge in [-0.2, -0.15) is 0 Å². The van der Waals surface area contributed by atoms with E-state index in [1.165, 1.54) is 7.11 Å². The monoisotopic (exact) mass is 318 g/mol. The second-order valence-corrected chi connectivity index (χ2v) is 10.5. The van der Waals surface area contributed by atoms with E-state index < -0.39 is 14.2 Å². The number of hydrogen-bond donors (Lipinski definition) is 0. The SMILES string of the molecule is C/C=C/[C@H](C(=O)OC)[C@@H](/C=C/c1ccccc1)O[Si](C)(C)C. The number of methoxy groups -OCH3 is 1. The number of carbonyl (C=O) groups is 1. The van der Waals surface area contributed by atoms with Crippen molar-refractivity contribution >= 4 is 20.4 Å². The number of allylic oxidation sites excluding steroid dienone is 1. The molecule has 4 heteroatoms. The minimum absolute atomic E-state index is 0.279. The molecule has 0 aromatic heterocycles. The molecule has 0 unspecified atom stereocenters. The Bertz CT molecular complexity index is 515. The Balaban J connectivity index is 3.05. The fourth-order valence-corrected chi connectivity index (χ4v) is 3.12. The third-order valence-electron chi connectivity index (χ3n) is 2.99. The van der Waals surface area contributed by atoms with Crippen molar-refractivity contribution in [1.82, 2.24) is 0 Å². The van der Waals surface area contributed by atoms with Crippen molar-refractivity contribution in [2.75, 3.05) is 7.11 Å². The zero-order chi connectivity index (χ0) is 16.6. The van der Waals surface area contributed by atoms with E-state index in [0.29, 0.717) is 0 Å². The molecule has 0 bridgehead atoms. The van der Waals surface area contributed by atoms with Crippen LogP contribution in [0, 0.1) is 5.92 Å². The summed E-state index contributed by atoms with van der Waals surface area (Å²) < 4.78 is 11.1. The highest BCUT2D eigenvalue weighted by molar-refractivity contribution is 6.69. The molecule has 0 N–H and O–H groups in total. The van der Waals surface area contributed by atoms with E-state index in [9.17, 15) is 4.79 Å². The van der Waals surface area contributed by atoms with Gasteiger partial charge in [-0.3, -0.25) is 4.79 Å². The Morgan fingerprint density at radius 2 is 1.77 bits per heavy atom. The topological polar surface area (TPSA) is 35.5 Å². The van der Waals surface area contributed by atoms with Gasteiger partial charge in [-0.1, -0.05) is 54.6 Å². The molecular formula is C18H26O3Si. The first-order valence-electron chi connectivity index (χ1n) is 7.49. The Morgan fingerprint density at radius 1 is 1.14 bits per heavy atom. The molecule has 1 aromatic rings. The van der Waals surface area contributed by atoms with Crippen molar-refractivity contribution in [2.45, 2.75) is 32.7 Å². The first-order chi connectivity index (χ1) is 10.4. The minimum atomic E-state index is -1.80. The molecule has 2 atom stereocenters. The Kier molecular flexibility index (Phi) is 7.28. The van der Waals surface area contributed by atoms with Gasteiger partial charge in [0.1, 0.15) is 5.92 Å². The molecule has 22 heavy (non-hydrogen) atoms. The molecule has 0 fully saturated rings. The quantitative estimate of drug-likeness (QED) is 0.427. The molecule has 0 heterocycles. The molecule has 0 aliphatic rings. The molecule has 1 rings (SSSR count). The molecule has 0 amide bonds. The first-order valence-corrected chi connectivity index (χ1v) is 10.9. The zero-order valence-electron chi connectivity index (χ0n) is 14.1. The maximum absolute atomic E-state index is 12.1. The Labute approximate surface area is 134 Å². The van der Waals surface area contributed by atoms with Crippen LogP contribution < -0.4 is 0 Å². The van der Waals surface area contributed by atoms with Gasteiger partial charge in [0.2, 0.25) is 0 Å². The lowest BCUT2D eigenvalue weighted by atomic mass is 10.0. The summed E-state index contributed by atoms with van der Waals surface area (Å²) in [6, 6.07) is 9.98. The van der Waals surface area contributed by atoms with Gasteiger partial charge in [0, 0.05) is 0 Å². The maximum atomic E-state index is 12.1. The van der Waals surface area contributed by atoms with Crippen LogP contribution in [-0.2, 0) is 14.0 Å². The van der Waals surface area contributed by atoms with Crippen LogP contribution in [0.5, 0.6) is 0 Å². The van der Waals surface area contributed by atoms with Crippen molar-refractivity contribution < 1.29 is 14.0 Å². The van der Waals surface area contributed by atoms with E-state index in [1.807, 2.05) is 61.6 Å². The van der Waals surface area contributed by atoms with Crippen LogP contribution in [0.1, 0.15) is 12.5 Å². The highest BCUT2D eigenvalue weighted by Gasteiger charge is 2.30. The first kappa shape index (κ1) is 18.4. The van der Waals surface area contributed by atoms with Crippen LogP contribution in [0.25, 0.3) is 6.08 Å². The normalized spacial score (nSPS) is 15.1. The maximum Gasteiger partial charge on any atom is 0.315 e. The highest BCUT2D eigenvalue weighted by atomic mass is 28.4. The lowest BCUT2D eigenvalue weighted by molar-refractivity contribution is -0.145. The van der Waals surface area contributed by atoms with Gasteiger partial charge in [-0.25, -0.2) is 0 Å². The zero-order valence-corrected chi connectivity index (χ0v) is 15.1. The molecule has 0 radical (unpaired) electrons. The van der Waals surface area contributed by atoms with Gasteiger partial charge in [0.25, 0.3) is 0 Å². The Hall–Kier alpha value is -1.65. The van der Waals surface area contributed by atoms with Crippen LogP contribution in [0.4, 0.5) is 0 Å². The fraction of sp³-hybridized carbons (Fsp3) is 0.389. The summed E-state index contributed by atoms with van der Waals surface area (Å²) in [5.41, 5.74) is 1.08. The molecular weight excluding hydrogens is 292 g/mol. The van der Waals surface area contributed by atoms with Crippen LogP contribution in [0.15, 0.2) is 48.6 Å². The largest absolute Gasteiger partial charge is 0.468 e. The van der Waals surface area contributed by atoms with Gasteiger partial charge in [0.05, 0.1) is 13.2 Å². The van der Waals surface area contributed by atoms with Gasteiger partial charge < -0.3 is 9.16 Å². The fourth-order valence-electron chi connectivity index (χ4n) is 2.08. The van der Waals surface area contributed by atoms with E-state index in [-0.39, 0.29) is 12.1 Å². The van der Waals surface area contributed by atoms with Crippen molar-refractivity contribution in [3.05, 3.63) is 54.1 Å². The van der Waals surface area contributed by atoms with E-state index >= 15 is 0 Å². The van der Waals surface area contributed by atoms with Crippen molar-refractivity contribution in [3.63, 3.8) is 0 Å². The van der Waals surface area contributed by atoms with E-state index in [4.69, 9.17) is 9.16 Å². The van der Waals surface area contributed by atoms with Crippen LogP contribution in [-0.4, -0.2) is 27.5 Å². The summed E-state index contributed by atoms with van der Waals surface area (Å²) in [5, 5.41) is 0.